The van der Waals surface area contributed by atoms with Gasteiger partial charge in [-0.3, -0.25) is 4.90 Å². The highest BCUT2D eigenvalue weighted by Crippen LogP contribution is 2.18. The highest BCUT2D eigenvalue weighted by Gasteiger charge is 2.18. The lowest BCUT2D eigenvalue weighted by Crippen LogP contribution is -2.40. The average molecular weight is 338 g/mol. The van der Waals surface area contributed by atoms with Crippen LogP contribution in [-0.2, 0) is 19.5 Å². The lowest BCUT2D eigenvalue weighted by atomic mass is 10.00. The molecular weight excluding hydrogens is 308 g/mol. The second-order valence-corrected chi connectivity index (χ2v) is 7.43. The number of aliphatic hydroxyl groups excluding tert-OH is 1. The van der Waals surface area contributed by atoms with Gasteiger partial charge in [0.05, 0.1) is 6.10 Å². The van der Waals surface area contributed by atoms with E-state index < -0.39 is 0 Å². The van der Waals surface area contributed by atoms with E-state index in [2.05, 4.69) is 72.6 Å². The number of β-amino-alcohol motifs (C(OH)–C–C–N with tert-alkyl or cyclic N) is 1. The fourth-order valence-electron chi connectivity index (χ4n) is 3.48. The van der Waals surface area contributed by atoms with Gasteiger partial charge in [0.1, 0.15) is 0 Å². The molecule has 25 heavy (non-hydrogen) atoms. The van der Waals surface area contributed by atoms with Crippen molar-refractivity contribution < 1.29 is 5.11 Å². The maximum atomic E-state index is 10.3. The predicted molar refractivity (Wildman–Crippen MR) is 104 cm³/mol. The van der Waals surface area contributed by atoms with Gasteiger partial charge in [0.15, 0.2) is 0 Å². The molecule has 3 nitrogen and oxygen atoms in total. The van der Waals surface area contributed by atoms with Crippen molar-refractivity contribution >= 4 is 0 Å². The molecule has 2 aromatic carbocycles. The molecule has 0 saturated carbocycles. The molecule has 0 radical (unpaired) electrons. The highest BCUT2D eigenvalue weighted by atomic mass is 16.3. The minimum absolute atomic E-state index is 0.333. The van der Waals surface area contributed by atoms with E-state index in [0.717, 1.165) is 32.6 Å². The number of aliphatic hydroxyl groups is 1. The number of nitrogens with zero attached hydrogens (tertiary/aromatic N) is 1. The summed E-state index contributed by atoms with van der Waals surface area (Å²) < 4.78 is 0. The molecule has 0 spiro atoms. The zero-order chi connectivity index (χ0) is 17.6. The summed E-state index contributed by atoms with van der Waals surface area (Å²) in [5, 5.41) is 13.7. The fraction of sp³-hybridized carbons (Fsp3) is 0.455. The third kappa shape index (κ3) is 5.15. The molecule has 3 rings (SSSR count). The summed E-state index contributed by atoms with van der Waals surface area (Å²) in [7, 11) is 0. The Balaban J connectivity index is 1.40. The van der Waals surface area contributed by atoms with Crippen LogP contribution >= 0.6 is 0 Å². The number of benzene rings is 2. The molecule has 0 saturated heterocycles. The Kier molecular flexibility index (Phi) is 6.24. The van der Waals surface area contributed by atoms with Gasteiger partial charge in [0.25, 0.3) is 0 Å². The number of nitrogens with one attached hydrogen (secondary N) is 1. The SMILES string of the molecule is CC(C)c1ccc(CNCC(O)CN2CCc3ccccc3C2)cc1. The molecule has 1 unspecified atom stereocenters. The van der Waals surface area contributed by atoms with Crippen molar-refractivity contribution in [3.8, 4) is 0 Å². The van der Waals surface area contributed by atoms with Crippen LogP contribution in [0, 0.1) is 0 Å². The second kappa shape index (κ2) is 8.61. The van der Waals surface area contributed by atoms with E-state index in [1.54, 1.807) is 0 Å². The summed E-state index contributed by atoms with van der Waals surface area (Å²) in [5.74, 6) is 0.568. The Labute approximate surface area is 151 Å². The Bertz CT molecular complexity index is 666. The van der Waals surface area contributed by atoms with E-state index in [9.17, 15) is 5.11 Å². The first-order valence-corrected chi connectivity index (χ1v) is 9.38. The molecule has 1 aliphatic heterocycles. The van der Waals surface area contributed by atoms with Crippen LogP contribution in [0.4, 0.5) is 0 Å². The monoisotopic (exact) mass is 338 g/mol. The molecule has 0 aliphatic carbocycles. The fourth-order valence-corrected chi connectivity index (χ4v) is 3.48. The zero-order valence-corrected chi connectivity index (χ0v) is 15.4. The van der Waals surface area contributed by atoms with E-state index >= 15 is 0 Å². The van der Waals surface area contributed by atoms with Crippen LogP contribution < -0.4 is 5.32 Å². The minimum Gasteiger partial charge on any atom is -0.390 e. The van der Waals surface area contributed by atoms with E-state index in [1.807, 2.05) is 0 Å². The van der Waals surface area contributed by atoms with Gasteiger partial charge in [-0.25, -0.2) is 0 Å². The van der Waals surface area contributed by atoms with Gasteiger partial charge < -0.3 is 10.4 Å². The van der Waals surface area contributed by atoms with Crippen LogP contribution in [-0.4, -0.2) is 35.7 Å². The van der Waals surface area contributed by atoms with Crippen LogP contribution in [0.2, 0.25) is 0 Å². The normalized spacial score (nSPS) is 16.0. The zero-order valence-electron chi connectivity index (χ0n) is 15.4. The molecule has 0 aromatic heterocycles. The molecule has 3 heteroatoms. The molecule has 2 aromatic rings. The molecule has 1 atom stereocenters. The quantitative estimate of drug-likeness (QED) is 0.813. The third-order valence-corrected chi connectivity index (χ3v) is 5.03. The number of fused-ring (bicyclic) bond motifs is 1. The van der Waals surface area contributed by atoms with Gasteiger partial charge in [-0.15, -0.1) is 0 Å². The van der Waals surface area contributed by atoms with E-state index in [-0.39, 0.29) is 6.10 Å². The van der Waals surface area contributed by atoms with Crippen LogP contribution in [0.1, 0.15) is 42.0 Å². The highest BCUT2D eigenvalue weighted by molar-refractivity contribution is 5.29. The Hall–Kier alpha value is -1.68. The standard InChI is InChI=1S/C22H30N2O/c1-17(2)19-9-7-18(8-10-19)13-23-14-22(25)16-24-12-11-20-5-3-4-6-21(20)15-24/h3-10,17,22-23,25H,11-16H2,1-2H3. The average Bonchev–Trinajstić information content (AvgIpc) is 2.62. The summed E-state index contributed by atoms with van der Waals surface area (Å²) in [6.07, 6.45) is 0.749. The van der Waals surface area contributed by atoms with Crippen LogP contribution in [0.3, 0.4) is 0 Å². The van der Waals surface area contributed by atoms with Gasteiger partial charge in [-0.1, -0.05) is 62.4 Å². The largest absolute Gasteiger partial charge is 0.390 e. The lowest BCUT2D eigenvalue weighted by molar-refractivity contribution is 0.104. The third-order valence-electron chi connectivity index (χ3n) is 5.03. The number of rotatable bonds is 7. The smallest absolute Gasteiger partial charge is 0.0791 e. The molecule has 2 N–H and O–H groups in total. The molecule has 0 fully saturated rings. The lowest BCUT2D eigenvalue weighted by Gasteiger charge is -2.30. The first-order chi connectivity index (χ1) is 12.1. The summed E-state index contributed by atoms with van der Waals surface area (Å²) in [4.78, 5) is 2.35. The topological polar surface area (TPSA) is 35.5 Å². The van der Waals surface area contributed by atoms with Gasteiger partial charge in [0.2, 0.25) is 0 Å². The Morgan fingerprint density at radius 3 is 2.48 bits per heavy atom. The predicted octanol–water partition coefficient (Wildman–Crippen LogP) is 3.32. The summed E-state index contributed by atoms with van der Waals surface area (Å²) in [6.45, 7) is 8.57. The van der Waals surface area contributed by atoms with Gasteiger partial charge in [-0.05, 0) is 34.6 Å². The summed E-state index contributed by atoms with van der Waals surface area (Å²) >= 11 is 0. The summed E-state index contributed by atoms with van der Waals surface area (Å²) in [5.41, 5.74) is 5.49. The molecule has 1 heterocycles. The van der Waals surface area contributed by atoms with Crippen molar-refractivity contribution in [2.45, 2.75) is 45.4 Å². The van der Waals surface area contributed by atoms with Crippen molar-refractivity contribution in [2.75, 3.05) is 19.6 Å². The van der Waals surface area contributed by atoms with Crippen LogP contribution in [0.15, 0.2) is 48.5 Å². The van der Waals surface area contributed by atoms with Crippen molar-refractivity contribution in [1.82, 2.24) is 10.2 Å². The maximum absolute atomic E-state index is 10.3. The Morgan fingerprint density at radius 2 is 1.76 bits per heavy atom. The molecule has 1 aliphatic rings. The Morgan fingerprint density at radius 1 is 1.04 bits per heavy atom. The molecule has 0 bridgehead atoms. The number of hydrogen-bond acceptors (Lipinski definition) is 3. The second-order valence-electron chi connectivity index (χ2n) is 7.43. The van der Waals surface area contributed by atoms with Gasteiger partial charge in [0, 0.05) is 32.7 Å². The van der Waals surface area contributed by atoms with Gasteiger partial charge >= 0.3 is 0 Å². The van der Waals surface area contributed by atoms with E-state index in [0.29, 0.717) is 12.5 Å². The van der Waals surface area contributed by atoms with E-state index in [1.165, 1.54) is 22.3 Å². The molecular formula is C22H30N2O. The first kappa shape index (κ1) is 18.1. The van der Waals surface area contributed by atoms with E-state index in [4.69, 9.17) is 0 Å². The van der Waals surface area contributed by atoms with Crippen molar-refractivity contribution in [1.29, 1.82) is 0 Å². The minimum atomic E-state index is -0.333. The van der Waals surface area contributed by atoms with Gasteiger partial charge in [-0.2, -0.15) is 0 Å². The number of hydrogen-bond donors (Lipinski definition) is 2. The maximum Gasteiger partial charge on any atom is 0.0791 e. The first-order valence-electron chi connectivity index (χ1n) is 9.38. The van der Waals surface area contributed by atoms with Crippen molar-refractivity contribution in [2.24, 2.45) is 0 Å². The van der Waals surface area contributed by atoms with Crippen LogP contribution in [0.5, 0.6) is 0 Å². The van der Waals surface area contributed by atoms with Crippen LogP contribution in [0.25, 0.3) is 0 Å². The van der Waals surface area contributed by atoms with Crippen molar-refractivity contribution in [3.05, 3.63) is 70.8 Å². The molecule has 0 amide bonds. The molecule has 134 valence electrons. The van der Waals surface area contributed by atoms with Crippen molar-refractivity contribution in [3.63, 3.8) is 0 Å². The summed E-state index contributed by atoms with van der Waals surface area (Å²) in [6, 6.07) is 17.4.